The van der Waals surface area contributed by atoms with Crippen LogP contribution in [0.2, 0.25) is 0 Å². The van der Waals surface area contributed by atoms with Crippen molar-refractivity contribution in [2.24, 2.45) is 17.3 Å². The van der Waals surface area contributed by atoms with Crippen LogP contribution < -0.4 is 5.32 Å². The Bertz CT molecular complexity index is 256. The summed E-state index contributed by atoms with van der Waals surface area (Å²) in [4.78, 5) is 2.74. The molecule has 2 aliphatic heterocycles. The Morgan fingerprint density at radius 3 is 2.61 bits per heavy atom. The number of nitrogens with zero attached hydrogens (tertiary/aromatic N) is 1. The monoisotopic (exact) mass is 252 g/mol. The summed E-state index contributed by atoms with van der Waals surface area (Å²) in [6, 6.07) is 0.782. The van der Waals surface area contributed by atoms with Gasteiger partial charge in [-0.1, -0.05) is 20.8 Å². The Hall–Kier alpha value is -0.0800. The van der Waals surface area contributed by atoms with Crippen molar-refractivity contribution >= 4 is 0 Å². The average molecular weight is 252 g/mol. The number of rotatable bonds is 3. The first-order valence-corrected chi connectivity index (χ1v) is 7.94. The summed E-state index contributed by atoms with van der Waals surface area (Å²) in [6.07, 6.45) is 5.56. The van der Waals surface area contributed by atoms with Crippen LogP contribution in [-0.2, 0) is 0 Å². The maximum absolute atomic E-state index is 3.58. The van der Waals surface area contributed by atoms with Gasteiger partial charge in [0.2, 0.25) is 0 Å². The zero-order valence-corrected chi connectivity index (χ0v) is 12.8. The SMILES string of the molecule is CC1CCN(CC(C)(C)C2CCCNC2)C(C)C1. The molecule has 2 saturated heterocycles. The van der Waals surface area contributed by atoms with Gasteiger partial charge in [0.1, 0.15) is 0 Å². The van der Waals surface area contributed by atoms with Crippen molar-refractivity contribution in [2.45, 2.75) is 59.4 Å². The van der Waals surface area contributed by atoms with Crippen LogP contribution in [0, 0.1) is 17.3 Å². The first-order chi connectivity index (χ1) is 8.49. The number of likely N-dealkylation sites (tertiary alicyclic amines) is 1. The summed E-state index contributed by atoms with van der Waals surface area (Å²) in [5, 5.41) is 3.58. The predicted molar refractivity (Wildman–Crippen MR) is 78.8 cm³/mol. The van der Waals surface area contributed by atoms with Crippen LogP contribution in [0.4, 0.5) is 0 Å². The van der Waals surface area contributed by atoms with E-state index in [0.717, 1.165) is 17.9 Å². The lowest BCUT2D eigenvalue weighted by Crippen LogP contribution is -2.49. The topological polar surface area (TPSA) is 15.3 Å². The predicted octanol–water partition coefficient (Wildman–Crippen LogP) is 3.13. The highest BCUT2D eigenvalue weighted by molar-refractivity contribution is 4.88. The molecule has 1 N–H and O–H groups in total. The third-order valence-corrected chi connectivity index (χ3v) is 5.29. The molecule has 0 aromatic rings. The van der Waals surface area contributed by atoms with E-state index < -0.39 is 0 Å². The Labute approximate surface area is 114 Å². The molecule has 2 aliphatic rings. The molecule has 0 saturated carbocycles. The van der Waals surface area contributed by atoms with Crippen molar-refractivity contribution in [3.05, 3.63) is 0 Å². The summed E-state index contributed by atoms with van der Waals surface area (Å²) in [6.45, 7) is 14.8. The lowest BCUT2D eigenvalue weighted by atomic mass is 9.74. The minimum atomic E-state index is 0.461. The standard InChI is InChI=1S/C16H32N2/c1-13-7-9-18(14(2)10-13)12-16(3,4)15-6-5-8-17-11-15/h13-15,17H,5-12H2,1-4H3. The summed E-state index contributed by atoms with van der Waals surface area (Å²) in [5.41, 5.74) is 0.461. The second-order valence-electron chi connectivity index (χ2n) is 7.48. The molecule has 2 rings (SSSR count). The lowest BCUT2D eigenvalue weighted by Gasteiger charge is -2.45. The quantitative estimate of drug-likeness (QED) is 0.830. The fourth-order valence-electron chi connectivity index (χ4n) is 3.86. The van der Waals surface area contributed by atoms with Gasteiger partial charge in [-0.15, -0.1) is 0 Å². The Kier molecular flexibility index (Phi) is 4.71. The zero-order chi connectivity index (χ0) is 13.2. The first-order valence-electron chi connectivity index (χ1n) is 7.94. The molecular formula is C16H32N2. The van der Waals surface area contributed by atoms with Gasteiger partial charge in [-0.3, -0.25) is 0 Å². The van der Waals surface area contributed by atoms with Crippen molar-refractivity contribution in [1.82, 2.24) is 10.2 Å². The van der Waals surface area contributed by atoms with Gasteiger partial charge in [-0.2, -0.15) is 0 Å². The van der Waals surface area contributed by atoms with E-state index in [1.54, 1.807) is 0 Å². The van der Waals surface area contributed by atoms with Gasteiger partial charge < -0.3 is 10.2 Å². The number of hydrogen-bond acceptors (Lipinski definition) is 2. The van der Waals surface area contributed by atoms with Crippen molar-refractivity contribution in [3.63, 3.8) is 0 Å². The maximum Gasteiger partial charge on any atom is 0.00697 e. The van der Waals surface area contributed by atoms with Gasteiger partial charge in [0, 0.05) is 12.6 Å². The van der Waals surface area contributed by atoms with Gasteiger partial charge in [0.15, 0.2) is 0 Å². The highest BCUT2D eigenvalue weighted by atomic mass is 15.2. The molecule has 2 heteroatoms. The van der Waals surface area contributed by atoms with E-state index in [4.69, 9.17) is 0 Å². The molecule has 2 heterocycles. The molecule has 18 heavy (non-hydrogen) atoms. The van der Waals surface area contributed by atoms with E-state index in [9.17, 15) is 0 Å². The summed E-state index contributed by atoms with van der Waals surface area (Å²) >= 11 is 0. The van der Waals surface area contributed by atoms with E-state index in [1.165, 1.54) is 51.9 Å². The molecular weight excluding hydrogens is 220 g/mol. The Balaban J connectivity index is 1.90. The Morgan fingerprint density at radius 2 is 2.00 bits per heavy atom. The molecule has 106 valence electrons. The molecule has 0 aromatic carbocycles. The Morgan fingerprint density at radius 1 is 1.22 bits per heavy atom. The average Bonchev–Trinajstić information content (AvgIpc) is 2.34. The van der Waals surface area contributed by atoms with Crippen LogP contribution in [0.1, 0.15) is 53.4 Å². The van der Waals surface area contributed by atoms with Crippen LogP contribution in [0.15, 0.2) is 0 Å². The fraction of sp³-hybridized carbons (Fsp3) is 1.00. The van der Waals surface area contributed by atoms with E-state index in [1.807, 2.05) is 0 Å². The molecule has 0 aliphatic carbocycles. The third-order valence-electron chi connectivity index (χ3n) is 5.29. The number of nitrogens with one attached hydrogen (secondary N) is 1. The van der Waals surface area contributed by atoms with Crippen molar-refractivity contribution in [1.29, 1.82) is 0 Å². The van der Waals surface area contributed by atoms with E-state index >= 15 is 0 Å². The molecule has 3 unspecified atom stereocenters. The van der Waals surface area contributed by atoms with Gasteiger partial charge in [-0.05, 0) is 69.5 Å². The molecule has 0 radical (unpaired) electrons. The van der Waals surface area contributed by atoms with Gasteiger partial charge in [0.05, 0.1) is 0 Å². The van der Waals surface area contributed by atoms with Crippen LogP contribution in [-0.4, -0.2) is 37.1 Å². The molecule has 0 spiro atoms. The fourth-order valence-corrected chi connectivity index (χ4v) is 3.86. The smallest absolute Gasteiger partial charge is 0.00697 e. The van der Waals surface area contributed by atoms with E-state index in [2.05, 4.69) is 37.9 Å². The lowest BCUT2D eigenvalue weighted by molar-refractivity contribution is 0.0486. The van der Waals surface area contributed by atoms with Gasteiger partial charge in [0.25, 0.3) is 0 Å². The normalized spacial score (nSPS) is 35.7. The maximum atomic E-state index is 3.58. The van der Waals surface area contributed by atoms with E-state index in [0.29, 0.717) is 5.41 Å². The second kappa shape index (κ2) is 5.92. The van der Waals surface area contributed by atoms with Crippen molar-refractivity contribution in [3.8, 4) is 0 Å². The summed E-state index contributed by atoms with van der Waals surface area (Å²) in [7, 11) is 0. The first kappa shape index (κ1) is 14.3. The largest absolute Gasteiger partial charge is 0.316 e. The molecule has 0 bridgehead atoms. The number of hydrogen-bond donors (Lipinski definition) is 1. The van der Waals surface area contributed by atoms with Crippen LogP contribution in [0.5, 0.6) is 0 Å². The van der Waals surface area contributed by atoms with E-state index in [-0.39, 0.29) is 0 Å². The molecule has 2 fully saturated rings. The minimum absolute atomic E-state index is 0.461. The van der Waals surface area contributed by atoms with Gasteiger partial charge >= 0.3 is 0 Å². The molecule has 0 aromatic heterocycles. The van der Waals surface area contributed by atoms with Crippen molar-refractivity contribution in [2.75, 3.05) is 26.2 Å². The van der Waals surface area contributed by atoms with Crippen molar-refractivity contribution < 1.29 is 0 Å². The third kappa shape index (κ3) is 3.48. The highest BCUT2D eigenvalue weighted by Gasteiger charge is 2.34. The number of piperidine rings is 2. The van der Waals surface area contributed by atoms with Gasteiger partial charge in [-0.25, -0.2) is 0 Å². The molecule has 3 atom stereocenters. The summed E-state index contributed by atoms with van der Waals surface area (Å²) < 4.78 is 0. The second-order valence-corrected chi connectivity index (χ2v) is 7.48. The summed E-state index contributed by atoms with van der Waals surface area (Å²) in [5.74, 6) is 1.79. The zero-order valence-electron chi connectivity index (χ0n) is 12.8. The highest BCUT2D eigenvalue weighted by Crippen LogP contribution is 2.34. The van der Waals surface area contributed by atoms with Crippen LogP contribution >= 0.6 is 0 Å². The molecule has 2 nitrogen and oxygen atoms in total. The van der Waals surface area contributed by atoms with Crippen LogP contribution in [0.3, 0.4) is 0 Å². The van der Waals surface area contributed by atoms with Crippen LogP contribution in [0.25, 0.3) is 0 Å². The molecule has 0 amide bonds. The minimum Gasteiger partial charge on any atom is -0.316 e.